The Kier molecular flexibility index (Phi) is 5.36. The van der Waals surface area contributed by atoms with Crippen molar-refractivity contribution in [1.29, 1.82) is 0 Å². The molecule has 5 heteroatoms. The van der Waals surface area contributed by atoms with Gasteiger partial charge in [0, 0.05) is 19.0 Å². The number of sulfonamides is 1. The van der Waals surface area contributed by atoms with Crippen molar-refractivity contribution in [2.45, 2.75) is 44.3 Å². The molecule has 0 atom stereocenters. The molecule has 1 aliphatic carbocycles. The molecule has 15 heavy (non-hydrogen) atoms. The SMILES string of the molecule is CCCN(CCCl)S(=O)(=O)C1CCCC1. The van der Waals surface area contributed by atoms with Gasteiger partial charge in [-0.1, -0.05) is 19.8 Å². The summed E-state index contributed by atoms with van der Waals surface area (Å²) in [5, 5.41) is -0.146. The molecule has 0 N–H and O–H groups in total. The van der Waals surface area contributed by atoms with Crippen LogP contribution in [0.2, 0.25) is 0 Å². The Hall–Kier alpha value is 0.200. The lowest BCUT2D eigenvalue weighted by Gasteiger charge is -2.24. The molecule has 0 aromatic heterocycles. The van der Waals surface area contributed by atoms with Crippen LogP contribution in [0.15, 0.2) is 0 Å². The molecule has 1 aliphatic rings. The van der Waals surface area contributed by atoms with Crippen molar-refractivity contribution in [3.63, 3.8) is 0 Å². The minimum absolute atomic E-state index is 0.146. The Morgan fingerprint density at radius 2 is 1.87 bits per heavy atom. The first-order valence-electron chi connectivity index (χ1n) is 5.67. The quantitative estimate of drug-likeness (QED) is 0.681. The van der Waals surface area contributed by atoms with Crippen molar-refractivity contribution >= 4 is 21.6 Å². The highest BCUT2D eigenvalue weighted by Gasteiger charge is 2.33. The zero-order chi connectivity index (χ0) is 11.3. The van der Waals surface area contributed by atoms with Crippen LogP contribution in [0.3, 0.4) is 0 Å². The summed E-state index contributed by atoms with van der Waals surface area (Å²) in [7, 11) is -3.08. The standard InChI is InChI=1S/C10H20ClNO2S/c1-2-8-12(9-7-11)15(13,14)10-5-3-4-6-10/h10H,2-9H2,1H3. The summed E-state index contributed by atoms with van der Waals surface area (Å²) in [4.78, 5) is 0. The lowest BCUT2D eigenvalue weighted by atomic mass is 10.4. The van der Waals surface area contributed by atoms with Crippen molar-refractivity contribution < 1.29 is 8.42 Å². The van der Waals surface area contributed by atoms with Crippen molar-refractivity contribution in [3.8, 4) is 0 Å². The van der Waals surface area contributed by atoms with Crippen LogP contribution in [0.25, 0.3) is 0 Å². The molecule has 1 rings (SSSR count). The van der Waals surface area contributed by atoms with E-state index in [1.54, 1.807) is 4.31 Å². The van der Waals surface area contributed by atoms with Crippen molar-refractivity contribution in [2.75, 3.05) is 19.0 Å². The minimum atomic E-state index is -3.08. The third-order valence-electron chi connectivity index (χ3n) is 2.89. The number of nitrogens with zero attached hydrogens (tertiary/aromatic N) is 1. The minimum Gasteiger partial charge on any atom is -0.212 e. The van der Waals surface area contributed by atoms with Gasteiger partial charge < -0.3 is 0 Å². The summed E-state index contributed by atoms with van der Waals surface area (Å²) < 4.78 is 25.9. The largest absolute Gasteiger partial charge is 0.217 e. The van der Waals surface area contributed by atoms with Crippen LogP contribution < -0.4 is 0 Å². The molecular formula is C10H20ClNO2S. The lowest BCUT2D eigenvalue weighted by Crippen LogP contribution is -2.39. The van der Waals surface area contributed by atoms with E-state index in [0.29, 0.717) is 19.0 Å². The normalized spacial score (nSPS) is 18.9. The van der Waals surface area contributed by atoms with Gasteiger partial charge in [0.2, 0.25) is 10.0 Å². The van der Waals surface area contributed by atoms with Gasteiger partial charge in [0.1, 0.15) is 0 Å². The third kappa shape index (κ3) is 3.33. The molecule has 0 unspecified atom stereocenters. The molecule has 0 bridgehead atoms. The Morgan fingerprint density at radius 1 is 1.27 bits per heavy atom. The Morgan fingerprint density at radius 3 is 2.33 bits per heavy atom. The van der Waals surface area contributed by atoms with Crippen LogP contribution in [0.5, 0.6) is 0 Å². The van der Waals surface area contributed by atoms with Gasteiger partial charge in [0.15, 0.2) is 0 Å². The Balaban J connectivity index is 2.70. The average Bonchev–Trinajstić information content (AvgIpc) is 2.70. The van der Waals surface area contributed by atoms with Gasteiger partial charge in [0.05, 0.1) is 5.25 Å². The maximum atomic E-state index is 12.2. The number of halogens is 1. The second-order valence-corrected chi connectivity index (χ2v) is 6.63. The monoisotopic (exact) mass is 253 g/mol. The number of alkyl halides is 1. The van der Waals surface area contributed by atoms with Crippen LogP contribution >= 0.6 is 11.6 Å². The summed E-state index contributed by atoms with van der Waals surface area (Å²) in [6, 6.07) is 0. The van der Waals surface area contributed by atoms with Crippen LogP contribution in [0.4, 0.5) is 0 Å². The Labute approximate surface area is 97.8 Å². The maximum absolute atomic E-state index is 12.2. The predicted molar refractivity (Wildman–Crippen MR) is 63.8 cm³/mol. The van der Waals surface area contributed by atoms with E-state index in [1.165, 1.54) is 0 Å². The molecule has 0 aromatic carbocycles. The molecule has 1 fully saturated rings. The molecule has 0 radical (unpaired) electrons. The average molecular weight is 254 g/mol. The highest BCUT2D eigenvalue weighted by Crippen LogP contribution is 2.27. The van der Waals surface area contributed by atoms with E-state index in [-0.39, 0.29) is 5.25 Å². The van der Waals surface area contributed by atoms with Crippen LogP contribution in [-0.2, 0) is 10.0 Å². The first kappa shape index (κ1) is 13.3. The van der Waals surface area contributed by atoms with Crippen LogP contribution in [0, 0.1) is 0 Å². The highest BCUT2D eigenvalue weighted by molar-refractivity contribution is 7.89. The summed E-state index contributed by atoms with van der Waals surface area (Å²) in [6.45, 7) is 3.05. The van der Waals surface area contributed by atoms with Gasteiger partial charge in [-0.05, 0) is 19.3 Å². The lowest BCUT2D eigenvalue weighted by molar-refractivity contribution is 0.419. The van der Waals surface area contributed by atoms with E-state index in [2.05, 4.69) is 0 Å². The zero-order valence-electron chi connectivity index (χ0n) is 9.28. The smallest absolute Gasteiger partial charge is 0.212 e. The van der Waals surface area contributed by atoms with Gasteiger partial charge >= 0.3 is 0 Å². The molecule has 1 saturated carbocycles. The van der Waals surface area contributed by atoms with Gasteiger partial charge in [-0.3, -0.25) is 0 Å². The van der Waals surface area contributed by atoms with Gasteiger partial charge in [-0.15, -0.1) is 11.6 Å². The number of rotatable bonds is 6. The van der Waals surface area contributed by atoms with Crippen molar-refractivity contribution in [1.82, 2.24) is 4.31 Å². The van der Waals surface area contributed by atoms with E-state index < -0.39 is 10.0 Å². The Bertz CT molecular complexity index is 267. The fraction of sp³-hybridized carbons (Fsp3) is 1.00. The summed E-state index contributed by atoms with van der Waals surface area (Å²) in [5.41, 5.74) is 0. The molecule has 0 aromatic rings. The second-order valence-electron chi connectivity index (χ2n) is 4.04. The second kappa shape index (κ2) is 6.06. The van der Waals surface area contributed by atoms with E-state index in [0.717, 1.165) is 32.1 Å². The number of hydrogen-bond acceptors (Lipinski definition) is 2. The molecule has 90 valence electrons. The third-order valence-corrected chi connectivity index (χ3v) is 5.46. The molecule has 3 nitrogen and oxygen atoms in total. The fourth-order valence-corrected chi connectivity index (χ4v) is 4.54. The molecular weight excluding hydrogens is 234 g/mol. The first-order chi connectivity index (χ1) is 7.12. The van der Waals surface area contributed by atoms with Gasteiger partial charge in [-0.25, -0.2) is 12.7 Å². The van der Waals surface area contributed by atoms with E-state index in [9.17, 15) is 8.42 Å². The highest BCUT2D eigenvalue weighted by atomic mass is 35.5. The van der Waals surface area contributed by atoms with Crippen molar-refractivity contribution in [3.05, 3.63) is 0 Å². The van der Waals surface area contributed by atoms with Gasteiger partial charge in [0.25, 0.3) is 0 Å². The van der Waals surface area contributed by atoms with Crippen LogP contribution in [0.1, 0.15) is 39.0 Å². The summed E-state index contributed by atoms with van der Waals surface area (Å²) >= 11 is 5.64. The topological polar surface area (TPSA) is 37.4 Å². The maximum Gasteiger partial charge on any atom is 0.217 e. The van der Waals surface area contributed by atoms with Gasteiger partial charge in [-0.2, -0.15) is 0 Å². The fourth-order valence-electron chi connectivity index (χ4n) is 2.11. The molecule has 0 spiro atoms. The molecule has 0 saturated heterocycles. The first-order valence-corrected chi connectivity index (χ1v) is 7.71. The van der Waals surface area contributed by atoms with Crippen molar-refractivity contribution in [2.24, 2.45) is 0 Å². The van der Waals surface area contributed by atoms with E-state index in [4.69, 9.17) is 11.6 Å². The van der Waals surface area contributed by atoms with E-state index >= 15 is 0 Å². The summed E-state index contributed by atoms with van der Waals surface area (Å²) in [5.74, 6) is 0.381. The van der Waals surface area contributed by atoms with E-state index in [1.807, 2.05) is 6.92 Å². The predicted octanol–water partition coefficient (Wildman–Crippen LogP) is 2.21. The van der Waals surface area contributed by atoms with Crippen LogP contribution in [-0.4, -0.2) is 36.9 Å². The summed E-state index contributed by atoms with van der Waals surface area (Å²) in [6.07, 6.45) is 4.59. The molecule has 0 aliphatic heterocycles. The zero-order valence-corrected chi connectivity index (χ0v) is 10.9. The number of hydrogen-bond donors (Lipinski definition) is 0. The molecule has 0 heterocycles. The molecule has 0 amide bonds.